The molecular formula is C18H29NO. The summed E-state index contributed by atoms with van der Waals surface area (Å²) < 4.78 is 5.10. The molecular weight excluding hydrogens is 246 g/mol. The van der Waals surface area contributed by atoms with E-state index in [1.165, 1.54) is 43.2 Å². The van der Waals surface area contributed by atoms with E-state index in [-0.39, 0.29) is 0 Å². The molecule has 2 rings (SSSR count). The largest absolute Gasteiger partial charge is 0.385 e. The van der Waals surface area contributed by atoms with Crippen molar-refractivity contribution in [3.63, 3.8) is 0 Å². The Morgan fingerprint density at radius 1 is 1.20 bits per heavy atom. The normalized spacial score (nSPS) is 20.6. The molecule has 0 heterocycles. The van der Waals surface area contributed by atoms with Crippen LogP contribution in [0.5, 0.6) is 0 Å². The predicted octanol–water partition coefficient (Wildman–Crippen LogP) is 4.11. The summed E-state index contributed by atoms with van der Waals surface area (Å²) in [4.78, 5) is 0. The van der Waals surface area contributed by atoms with Gasteiger partial charge in [0.1, 0.15) is 0 Å². The van der Waals surface area contributed by atoms with E-state index in [0.717, 1.165) is 13.2 Å². The fourth-order valence-corrected chi connectivity index (χ4v) is 3.25. The van der Waals surface area contributed by atoms with Crippen LogP contribution in [-0.4, -0.2) is 20.3 Å². The molecule has 1 aromatic rings. The molecule has 112 valence electrons. The van der Waals surface area contributed by atoms with Crippen molar-refractivity contribution in [3.05, 3.63) is 35.4 Å². The molecule has 1 aliphatic rings. The van der Waals surface area contributed by atoms with E-state index in [1.807, 2.05) is 0 Å². The van der Waals surface area contributed by atoms with Gasteiger partial charge in [-0.05, 0) is 55.2 Å². The molecule has 2 heteroatoms. The molecule has 1 aliphatic carbocycles. The summed E-state index contributed by atoms with van der Waals surface area (Å²) >= 11 is 0. The molecule has 0 aliphatic heterocycles. The first-order chi connectivity index (χ1) is 9.65. The van der Waals surface area contributed by atoms with E-state index in [2.05, 4.69) is 43.4 Å². The lowest BCUT2D eigenvalue weighted by atomic mass is 9.70. The standard InChI is InChI=1S/C18H29NO/c1-18(2)12-11-15-9-5-6-10-16(15)17(18)19-13-7-4-8-14-20-3/h5-6,9-10,17,19H,4,7-8,11-14H2,1-3H3. The molecule has 0 amide bonds. The van der Waals surface area contributed by atoms with Gasteiger partial charge in [0, 0.05) is 19.8 Å². The summed E-state index contributed by atoms with van der Waals surface area (Å²) in [5.41, 5.74) is 3.39. The Labute approximate surface area is 123 Å². The number of nitrogens with one attached hydrogen (secondary N) is 1. The van der Waals surface area contributed by atoms with E-state index in [4.69, 9.17) is 4.74 Å². The van der Waals surface area contributed by atoms with Crippen LogP contribution in [0, 0.1) is 5.41 Å². The molecule has 1 aromatic carbocycles. The first kappa shape index (κ1) is 15.5. The maximum absolute atomic E-state index is 5.10. The Balaban J connectivity index is 1.91. The fraction of sp³-hybridized carbons (Fsp3) is 0.667. The molecule has 0 fully saturated rings. The number of ether oxygens (including phenoxy) is 1. The SMILES string of the molecule is COCCCCCNC1c2ccccc2CCC1(C)C. The minimum atomic E-state index is 0.348. The van der Waals surface area contributed by atoms with Crippen molar-refractivity contribution in [3.8, 4) is 0 Å². The number of methoxy groups -OCH3 is 1. The number of rotatable bonds is 7. The van der Waals surface area contributed by atoms with Crippen molar-refractivity contribution in [2.45, 2.75) is 52.0 Å². The molecule has 0 aromatic heterocycles. The summed E-state index contributed by atoms with van der Waals surface area (Å²) in [7, 11) is 1.78. The Morgan fingerprint density at radius 2 is 2.00 bits per heavy atom. The van der Waals surface area contributed by atoms with Crippen LogP contribution in [0.2, 0.25) is 0 Å². The van der Waals surface area contributed by atoms with Gasteiger partial charge in [-0.15, -0.1) is 0 Å². The van der Waals surface area contributed by atoms with Crippen LogP contribution in [0.1, 0.15) is 56.7 Å². The average Bonchev–Trinajstić information content (AvgIpc) is 2.44. The minimum Gasteiger partial charge on any atom is -0.385 e. The van der Waals surface area contributed by atoms with Gasteiger partial charge in [0.15, 0.2) is 0 Å². The number of fused-ring (bicyclic) bond motifs is 1. The molecule has 0 radical (unpaired) electrons. The number of unbranched alkanes of at least 4 members (excludes halogenated alkanes) is 2. The molecule has 0 saturated heterocycles. The van der Waals surface area contributed by atoms with Crippen molar-refractivity contribution in [2.75, 3.05) is 20.3 Å². The van der Waals surface area contributed by atoms with Gasteiger partial charge in [0.05, 0.1) is 0 Å². The third-order valence-corrected chi connectivity index (χ3v) is 4.56. The summed E-state index contributed by atoms with van der Waals surface area (Å²) in [5.74, 6) is 0. The Hall–Kier alpha value is -0.860. The highest BCUT2D eigenvalue weighted by atomic mass is 16.5. The predicted molar refractivity (Wildman–Crippen MR) is 85.0 cm³/mol. The van der Waals surface area contributed by atoms with Crippen LogP contribution in [0.3, 0.4) is 0 Å². The Kier molecular flexibility index (Phi) is 5.62. The second kappa shape index (κ2) is 7.24. The van der Waals surface area contributed by atoms with Gasteiger partial charge >= 0.3 is 0 Å². The smallest absolute Gasteiger partial charge is 0.0462 e. The van der Waals surface area contributed by atoms with Crippen molar-refractivity contribution in [2.24, 2.45) is 5.41 Å². The van der Waals surface area contributed by atoms with E-state index in [0.29, 0.717) is 11.5 Å². The number of hydrogen-bond acceptors (Lipinski definition) is 2. The van der Waals surface area contributed by atoms with Crippen LogP contribution >= 0.6 is 0 Å². The van der Waals surface area contributed by atoms with Gasteiger partial charge in [-0.25, -0.2) is 0 Å². The molecule has 1 atom stereocenters. The zero-order chi connectivity index (χ0) is 14.4. The topological polar surface area (TPSA) is 21.3 Å². The van der Waals surface area contributed by atoms with Gasteiger partial charge in [0.2, 0.25) is 0 Å². The maximum Gasteiger partial charge on any atom is 0.0462 e. The first-order valence-electron chi connectivity index (χ1n) is 7.95. The number of hydrogen-bond donors (Lipinski definition) is 1. The second-order valence-electron chi connectivity index (χ2n) is 6.63. The molecule has 1 unspecified atom stereocenters. The average molecular weight is 275 g/mol. The van der Waals surface area contributed by atoms with E-state index < -0.39 is 0 Å². The van der Waals surface area contributed by atoms with Crippen LogP contribution < -0.4 is 5.32 Å². The van der Waals surface area contributed by atoms with Gasteiger partial charge in [-0.2, -0.15) is 0 Å². The quantitative estimate of drug-likeness (QED) is 0.756. The van der Waals surface area contributed by atoms with Crippen molar-refractivity contribution < 1.29 is 4.74 Å². The molecule has 1 N–H and O–H groups in total. The molecule has 2 nitrogen and oxygen atoms in total. The van der Waals surface area contributed by atoms with Gasteiger partial charge < -0.3 is 10.1 Å². The lowest BCUT2D eigenvalue weighted by Gasteiger charge is -2.40. The lowest BCUT2D eigenvalue weighted by molar-refractivity contribution is 0.189. The zero-order valence-corrected chi connectivity index (χ0v) is 13.2. The van der Waals surface area contributed by atoms with Gasteiger partial charge in [-0.1, -0.05) is 38.1 Å². The summed E-state index contributed by atoms with van der Waals surface area (Å²) in [6.07, 6.45) is 6.14. The third kappa shape index (κ3) is 3.83. The van der Waals surface area contributed by atoms with E-state index >= 15 is 0 Å². The lowest BCUT2D eigenvalue weighted by Crippen LogP contribution is -2.38. The summed E-state index contributed by atoms with van der Waals surface area (Å²) in [5, 5.41) is 3.80. The monoisotopic (exact) mass is 275 g/mol. The highest BCUT2D eigenvalue weighted by Gasteiger charge is 2.34. The highest BCUT2D eigenvalue weighted by Crippen LogP contribution is 2.43. The minimum absolute atomic E-state index is 0.348. The third-order valence-electron chi connectivity index (χ3n) is 4.56. The van der Waals surface area contributed by atoms with E-state index in [1.54, 1.807) is 7.11 Å². The van der Waals surface area contributed by atoms with Gasteiger partial charge in [0.25, 0.3) is 0 Å². The second-order valence-corrected chi connectivity index (χ2v) is 6.63. The van der Waals surface area contributed by atoms with E-state index in [9.17, 15) is 0 Å². The van der Waals surface area contributed by atoms with Crippen molar-refractivity contribution in [1.82, 2.24) is 5.32 Å². The zero-order valence-electron chi connectivity index (χ0n) is 13.2. The highest BCUT2D eigenvalue weighted by molar-refractivity contribution is 5.34. The van der Waals surface area contributed by atoms with Crippen LogP contribution in [-0.2, 0) is 11.2 Å². The van der Waals surface area contributed by atoms with Crippen LogP contribution in [0.15, 0.2) is 24.3 Å². The van der Waals surface area contributed by atoms with Crippen LogP contribution in [0.25, 0.3) is 0 Å². The number of benzene rings is 1. The fourth-order valence-electron chi connectivity index (χ4n) is 3.25. The molecule has 0 saturated carbocycles. The summed E-state index contributed by atoms with van der Waals surface area (Å²) in [6, 6.07) is 9.43. The van der Waals surface area contributed by atoms with Crippen molar-refractivity contribution >= 4 is 0 Å². The summed E-state index contributed by atoms with van der Waals surface area (Å²) in [6.45, 7) is 6.78. The van der Waals surface area contributed by atoms with Crippen molar-refractivity contribution in [1.29, 1.82) is 0 Å². The Bertz CT molecular complexity index is 414. The molecule has 0 spiro atoms. The van der Waals surface area contributed by atoms with Crippen LogP contribution in [0.4, 0.5) is 0 Å². The molecule has 0 bridgehead atoms. The number of aryl methyl sites for hydroxylation is 1. The maximum atomic E-state index is 5.10. The molecule has 20 heavy (non-hydrogen) atoms. The first-order valence-corrected chi connectivity index (χ1v) is 7.95. The Morgan fingerprint density at radius 3 is 2.80 bits per heavy atom. The van der Waals surface area contributed by atoms with Gasteiger partial charge in [-0.3, -0.25) is 0 Å².